The number of hydrogen-bond acceptors (Lipinski definition) is 1. The Labute approximate surface area is 203 Å². The SMILES string of the molecule is CC(C)C(Br)c1c(C(=O)c2ccc(Cl)c(Cl)c2C(Br)C(C)C)ccc(Cl)c1Cl. The zero-order valence-corrected chi connectivity index (χ0v) is 22.0. The van der Waals surface area contributed by atoms with Gasteiger partial charge in [0.15, 0.2) is 5.78 Å². The van der Waals surface area contributed by atoms with Gasteiger partial charge < -0.3 is 0 Å². The van der Waals surface area contributed by atoms with E-state index in [9.17, 15) is 4.79 Å². The quantitative estimate of drug-likeness (QED) is 0.242. The monoisotopic (exact) mass is 586 g/mol. The first-order chi connectivity index (χ1) is 13.0. The standard InChI is InChI=1S/C21H20Br2Cl4O/c1-9(2)17(22)15-11(5-7-13(24)19(15)26)21(28)12-6-8-14(25)20(27)16(12)18(23)10(3)4/h5-10,17-18H,1-4H3. The molecule has 2 unspecified atom stereocenters. The molecule has 0 heterocycles. The number of benzene rings is 2. The van der Waals surface area contributed by atoms with Gasteiger partial charge in [-0.05, 0) is 47.2 Å². The second-order valence-electron chi connectivity index (χ2n) is 7.27. The van der Waals surface area contributed by atoms with Gasteiger partial charge in [-0.1, -0.05) is 106 Å². The molecule has 0 amide bonds. The summed E-state index contributed by atoms with van der Waals surface area (Å²) >= 11 is 32.8. The smallest absolute Gasteiger partial charge is 0.193 e. The molecular weight excluding hydrogens is 570 g/mol. The van der Waals surface area contributed by atoms with Crippen molar-refractivity contribution < 1.29 is 4.79 Å². The predicted octanol–water partition coefficient (Wildman–Crippen LogP) is 9.72. The van der Waals surface area contributed by atoms with E-state index in [1.54, 1.807) is 24.3 Å². The molecule has 0 fully saturated rings. The van der Waals surface area contributed by atoms with Gasteiger partial charge in [-0.3, -0.25) is 4.79 Å². The first kappa shape index (κ1) is 24.5. The zero-order valence-electron chi connectivity index (χ0n) is 15.8. The fourth-order valence-electron chi connectivity index (χ4n) is 2.88. The largest absolute Gasteiger partial charge is 0.289 e. The van der Waals surface area contributed by atoms with Crippen LogP contribution in [0.5, 0.6) is 0 Å². The Morgan fingerprint density at radius 2 is 1.04 bits per heavy atom. The van der Waals surface area contributed by atoms with Crippen LogP contribution in [0.25, 0.3) is 0 Å². The Kier molecular flexibility index (Phi) is 8.77. The van der Waals surface area contributed by atoms with Gasteiger partial charge in [-0.25, -0.2) is 0 Å². The summed E-state index contributed by atoms with van der Waals surface area (Å²) in [6.45, 7) is 8.18. The number of alkyl halides is 2. The molecule has 1 nitrogen and oxygen atoms in total. The first-order valence-electron chi connectivity index (χ1n) is 8.77. The number of halogens is 6. The molecule has 0 saturated carbocycles. The van der Waals surface area contributed by atoms with Crippen LogP contribution in [-0.2, 0) is 0 Å². The molecule has 0 aliphatic rings. The maximum absolute atomic E-state index is 13.6. The van der Waals surface area contributed by atoms with Gasteiger partial charge in [-0.15, -0.1) is 0 Å². The van der Waals surface area contributed by atoms with Crippen LogP contribution in [-0.4, -0.2) is 5.78 Å². The molecule has 2 atom stereocenters. The third-order valence-electron chi connectivity index (χ3n) is 4.48. The third-order valence-corrected chi connectivity index (χ3v) is 9.14. The second-order valence-corrected chi connectivity index (χ2v) is 10.8. The lowest BCUT2D eigenvalue weighted by atomic mass is 9.89. The van der Waals surface area contributed by atoms with Gasteiger partial charge in [0, 0.05) is 20.8 Å². The van der Waals surface area contributed by atoms with E-state index in [-0.39, 0.29) is 27.3 Å². The van der Waals surface area contributed by atoms with Gasteiger partial charge >= 0.3 is 0 Å². The minimum atomic E-state index is -0.169. The van der Waals surface area contributed by atoms with Crippen LogP contribution in [0.4, 0.5) is 0 Å². The second kappa shape index (κ2) is 10.0. The molecule has 0 aromatic heterocycles. The number of ketones is 1. The van der Waals surface area contributed by atoms with Crippen molar-refractivity contribution in [1.29, 1.82) is 0 Å². The van der Waals surface area contributed by atoms with E-state index in [4.69, 9.17) is 46.4 Å². The Hall–Kier alpha value is 0.230. The first-order valence-corrected chi connectivity index (χ1v) is 12.1. The lowest BCUT2D eigenvalue weighted by Crippen LogP contribution is -2.14. The molecule has 2 aromatic rings. The van der Waals surface area contributed by atoms with Crippen molar-refractivity contribution in [2.45, 2.75) is 37.3 Å². The molecule has 0 N–H and O–H groups in total. The summed E-state index contributed by atoms with van der Waals surface area (Å²) in [6, 6.07) is 6.72. The van der Waals surface area contributed by atoms with Gasteiger partial charge in [-0.2, -0.15) is 0 Å². The van der Waals surface area contributed by atoms with Crippen LogP contribution >= 0.6 is 78.3 Å². The number of carbonyl (C=O) groups is 1. The van der Waals surface area contributed by atoms with E-state index >= 15 is 0 Å². The predicted molar refractivity (Wildman–Crippen MR) is 129 cm³/mol. The highest BCUT2D eigenvalue weighted by Gasteiger charge is 2.29. The Morgan fingerprint density at radius 3 is 1.32 bits per heavy atom. The van der Waals surface area contributed by atoms with Crippen LogP contribution in [0, 0.1) is 11.8 Å². The van der Waals surface area contributed by atoms with Crippen molar-refractivity contribution in [3.8, 4) is 0 Å². The van der Waals surface area contributed by atoms with Gasteiger partial charge in [0.1, 0.15) is 0 Å². The summed E-state index contributed by atoms with van der Waals surface area (Å²) < 4.78 is 0. The summed E-state index contributed by atoms with van der Waals surface area (Å²) in [5, 5.41) is 1.58. The lowest BCUT2D eigenvalue weighted by Gasteiger charge is -2.23. The number of rotatable bonds is 6. The van der Waals surface area contributed by atoms with Crippen molar-refractivity contribution >= 4 is 84.0 Å². The summed E-state index contributed by atoms with van der Waals surface area (Å²) in [6.07, 6.45) is 0. The van der Waals surface area contributed by atoms with Crippen LogP contribution in [0.15, 0.2) is 24.3 Å². The van der Waals surface area contributed by atoms with Crippen molar-refractivity contribution in [3.63, 3.8) is 0 Å². The van der Waals surface area contributed by atoms with Gasteiger partial charge in [0.05, 0.1) is 20.1 Å². The highest BCUT2D eigenvalue weighted by atomic mass is 79.9. The number of hydrogen-bond donors (Lipinski definition) is 0. The molecule has 0 spiro atoms. The van der Waals surface area contributed by atoms with E-state index in [0.29, 0.717) is 42.3 Å². The van der Waals surface area contributed by atoms with Crippen molar-refractivity contribution in [2.24, 2.45) is 11.8 Å². The minimum Gasteiger partial charge on any atom is -0.289 e. The number of carbonyl (C=O) groups excluding carboxylic acids is 1. The van der Waals surface area contributed by atoms with Crippen molar-refractivity contribution in [2.75, 3.05) is 0 Å². The molecule has 0 aliphatic carbocycles. The molecule has 2 rings (SSSR count). The summed E-state index contributed by atoms with van der Waals surface area (Å²) in [7, 11) is 0. The molecule has 0 bridgehead atoms. The maximum atomic E-state index is 13.6. The van der Waals surface area contributed by atoms with Crippen LogP contribution in [0.2, 0.25) is 20.1 Å². The minimum absolute atomic E-state index is 0.131. The molecule has 0 aliphatic heterocycles. The van der Waals surface area contributed by atoms with Gasteiger partial charge in [0.25, 0.3) is 0 Å². The lowest BCUT2D eigenvalue weighted by molar-refractivity contribution is 0.103. The van der Waals surface area contributed by atoms with Crippen molar-refractivity contribution in [3.05, 3.63) is 66.6 Å². The molecule has 0 radical (unpaired) electrons. The van der Waals surface area contributed by atoms with E-state index in [1.807, 2.05) is 27.7 Å². The zero-order chi connectivity index (χ0) is 21.3. The van der Waals surface area contributed by atoms with Crippen LogP contribution in [0.1, 0.15) is 64.4 Å². The van der Waals surface area contributed by atoms with Crippen LogP contribution < -0.4 is 0 Å². The van der Waals surface area contributed by atoms with Crippen LogP contribution in [0.3, 0.4) is 0 Å². The Balaban J connectivity index is 2.75. The fraction of sp³-hybridized carbons (Fsp3) is 0.381. The average Bonchev–Trinajstić information content (AvgIpc) is 2.64. The Bertz CT molecular complexity index is 825. The summed E-state index contributed by atoms with van der Waals surface area (Å²) in [5.74, 6) is 0.239. The molecular formula is C21H20Br2Cl4O. The summed E-state index contributed by atoms with van der Waals surface area (Å²) in [5.41, 5.74) is 2.35. The molecule has 0 saturated heterocycles. The van der Waals surface area contributed by atoms with E-state index in [1.165, 1.54) is 0 Å². The summed E-state index contributed by atoms with van der Waals surface area (Å²) in [4.78, 5) is 13.4. The van der Waals surface area contributed by atoms with Crippen molar-refractivity contribution in [1.82, 2.24) is 0 Å². The molecule has 28 heavy (non-hydrogen) atoms. The molecule has 2 aromatic carbocycles. The van der Waals surface area contributed by atoms with E-state index < -0.39 is 0 Å². The van der Waals surface area contributed by atoms with E-state index in [2.05, 4.69) is 31.9 Å². The fourth-order valence-corrected chi connectivity index (χ4v) is 4.99. The maximum Gasteiger partial charge on any atom is 0.193 e. The third kappa shape index (κ3) is 4.92. The molecule has 152 valence electrons. The topological polar surface area (TPSA) is 17.1 Å². The highest BCUT2D eigenvalue weighted by Crippen LogP contribution is 2.44. The van der Waals surface area contributed by atoms with E-state index in [0.717, 1.165) is 0 Å². The highest BCUT2D eigenvalue weighted by molar-refractivity contribution is 9.09. The Morgan fingerprint density at radius 1 is 0.714 bits per heavy atom. The molecule has 7 heteroatoms. The van der Waals surface area contributed by atoms with Gasteiger partial charge in [0.2, 0.25) is 0 Å². The average molecular weight is 590 g/mol. The normalized spacial score (nSPS) is 13.9.